The maximum atomic E-state index is 12.3. The van der Waals surface area contributed by atoms with Crippen LogP contribution in [-0.2, 0) is 15.6 Å². The highest BCUT2D eigenvalue weighted by molar-refractivity contribution is 7.89. The van der Waals surface area contributed by atoms with Crippen LogP contribution >= 0.6 is 23.2 Å². The third-order valence-corrected chi connectivity index (χ3v) is 4.84. The Balaban J connectivity index is 2.09. The predicted octanol–water partition coefficient (Wildman–Crippen LogP) is 4.03. The van der Waals surface area contributed by atoms with Crippen molar-refractivity contribution in [2.45, 2.75) is 18.7 Å². The summed E-state index contributed by atoms with van der Waals surface area (Å²) in [5, 5.41) is 3.87. The average molecular weight is 386 g/mol. The van der Waals surface area contributed by atoms with Gasteiger partial charge in [-0.25, -0.2) is 8.42 Å². The number of hydrogen-bond donors (Lipinski definition) is 1. The van der Waals surface area contributed by atoms with E-state index in [9.17, 15) is 13.2 Å². The second kappa shape index (κ2) is 7.55. The molecule has 0 unspecified atom stereocenters. The Labute approximate surface area is 151 Å². The molecule has 1 atom stereocenters. The van der Waals surface area contributed by atoms with E-state index < -0.39 is 9.84 Å². The zero-order valence-corrected chi connectivity index (χ0v) is 15.5. The Morgan fingerprint density at radius 1 is 1.12 bits per heavy atom. The van der Waals surface area contributed by atoms with Crippen molar-refractivity contribution in [3.63, 3.8) is 0 Å². The first kappa shape index (κ1) is 18.8. The van der Waals surface area contributed by atoms with Crippen LogP contribution in [0.3, 0.4) is 0 Å². The molecule has 0 fully saturated rings. The van der Waals surface area contributed by atoms with Crippen molar-refractivity contribution >= 4 is 38.9 Å². The Kier molecular flexibility index (Phi) is 5.91. The molecule has 24 heavy (non-hydrogen) atoms. The number of carbonyl (C=O) groups is 1. The highest BCUT2D eigenvalue weighted by Gasteiger charge is 2.14. The fraction of sp³-hybridized carbons (Fsp3) is 0.235. The Hall–Kier alpha value is -1.56. The van der Waals surface area contributed by atoms with E-state index in [0.717, 1.165) is 5.56 Å². The molecule has 0 bridgehead atoms. The van der Waals surface area contributed by atoms with Crippen molar-refractivity contribution in [3.05, 3.63) is 69.2 Å². The molecule has 2 aromatic carbocycles. The minimum atomic E-state index is -3.10. The Morgan fingerprint density at radius 2 is 1.75 bits per heavy atom. The summed E-state index contributed by atoms with van der Waals surface area (Å²) in [4.78, 5) is 12.3. The van der Waals surface area contributed by atoms with Gasteiger partial charge in [0.25, 0.3) is 5.91 Å². The largest absolute Gasteiger partial charge is 0.345 e. The lowest BCUT2D eigenvalue weighted by molar-refractivity contribution is 0.0940. The molecule has 0 aromatic heterocycles. The van der Waals surface area contributed by atoms with Crippen LogP contribution < -0.4 is 5.32 Å². The monoisotopic (exact) mass is 385 g/mol. The van der Waals surface area contributed by atoms with E-state index in [0.29, 0.717) is 21.2 Å². The standard InChI is InChI=1S/C17H17Cl2NO3S/c1-11(15-8-7-14(18)9-16(15)19)20-17(21)13-5-3-12(4-6-13)10-24(2,22)23/h3-9,11H,10H2,1-2H3,(H,20,21)/t11-/m1/s1. The number of halogens is 2. The molecular formula is C17H17Cl2NO3S. The lowest BCUT2D eigenvalue weighted by atomic mass is 10.1. The Morgan fingerprint density at radius 3 is 2.29 bits per heavy atom. The van der Waals surface area contributed by atoms with Gasteiger partial charge in [-0.2, -0.15) is 0 Å². The van der Waals surface area contributed by atoms with Crippen molar-refractivity contribution in [3.8, 4) is 0 Å². The third kappa shape index (κ3) is 5.23. The molecule has 0 saturated heterocycles. The van der Waals surface area contributed by atoms with Gasteiger partial charge in [-0.15, -0.1) is 0 Å². The second-order valence-corrected chi connectivity index (χ2v) is 8.61. The zero-order chi connectivity index (χ0) is 17.9. The topological polar surface area (TPSA) is 63.2 Å². The van der Waals surface area contributed by atoms with Gasteiger partial charge < -0.3 is 5.32 Å². The van der Waals surface area contributed by atoms with E-state index >= 15 is 0 Å². The summed E-state index contributed by atoms with van der Waals surface area (Å²) in [5.74, 6) is -0.314. The molecule has 2 rings (SSSR count). The summed E-state index contributed by atoms with van der Waals surface area (Å²) in [6.07, 6.45) is 1.17. The van der Waals surface area contributed by atoms with E-state index in [-0.39, 0.29) is 17.7 Å². The number of sulfone groups is 1. The summed E-state index contributed by atoms with van der Waals surface area (Å²) < 4.78 is 22.6. The van der Waals surface area contributed by atoms with Crippen LogP contribution in [0.25, 0.3) is 0 Å². The fourth-order valence-corrected chi connectivity index (χ4v) is 3.64. The average Bonchev–Trinajstić information content (AvgIpc) is 2.45. The first-order valence-corrected chi connectivity index (χ1v) is 10.00. The van der Waals surface area contributed by atoms with Crippen molar-refractivity contribution in [1.82, 2.24) is 5.32 Å². The van der Waals surface area contributed by atoms with Gasteiger partial charge in [-0.3, -0.25) is 4.79 Å². The molecule has 2 aromatic rings. The lowest BCUT2D eigenvalue weighted by Gasteiger charge is -2.16. The van der Waals surface area contributed by atoms with E-state index in [1.54, 1.807) is 42.5 Å². The minimum absolute atomic E-state index is 0.0499. The van der Waals surface area contributed by atoms with E-state index in [1.165, 1.54) is 6.26 Å². The van der Waals surface area contributed by atoms with Crippen molar-refractivity contribution < 1.29 is 13.2 Å². The normalized spacial score (nSPS) is 12.7. The second-order valence-electron chi connectivity index (χ2n) is 5.63. The summed E-state index contributed by atoms with van der Waals surface area (Å²) in [7, 11) is -3.10. The molecule has 7 heteroatoms. The van der Waals surface area contributed by atoms with Gasteiger partial charge in [0, 0.05) is 21.9 Å². The van der Waals surface area contributed by atoms with E-state index in [2.05, 4.69) is 5.32 Å². The molecule has 1 amide bonds. The van der Waals surface area contributed by atoms with Gasteiger partial charge in [-0.1, -0.05) is 41.4 Å². The molecule has 0 aliphatic rings. The van der Waals surface area contributed by atoms with Crippen LogP contribution in [0, 0.1) is 0 Å². The zero-order valence-electron chi connectivity index (χ0n) is 13.2. The number of carbonyl (C=O) groups excluding carboxylic acids is 1. The van der Waals surface area contributed by atoms with Crippen LogP contribution in [0.2, 0.25) is 10.0 Å². The molecule has 0 radical (unpaired) electrons. The molecule has 0 saturated carbocycles. The molecule has 1 N–H and O–H groups in total. The molecule has 0 aliphatic heterocycles. The van der Waals surface area contributed by atoms with Gasteiger partial charge in [0.1, 0.15) is 0 Å². The first-order chi connectivity index (χ1) is 11.2. The molecule has 128 valence electrons. The Bertz CT molecular complexity index is 849. The molecular weight excluding hydrogens is 369 g/mol. The smallest absolute Gasteiger partial charge is 0.251 e. The van der Waals surface area contributed by atoms with Crippen LogP contribution in [0.15, 0.2) is 42.5 Å². The van der Waals surface area contributed by atoms with Gasteiger partial charge in [0.15, 0.2) is 9.84 Å². The summed E-state index contributed by atoms with van der Waals surface area (Å²) >= 11 is 12.0. The summed E-state index contributed by atoms with van der Waals surface area (Å²) in [6.45, 7) is 1.82. The number of hydrogen-bond acceptors (Lipinski definition) is 3. The predicted molar refractivity (Wildman–Crippen MR) is 97.3 cm³/mol. The van der Waals surface area contributed by atoms with Crippen molar-refractivity contribution in [2.24, 2.45) is 0 Å². The molecule has 4 nitrogen and oxygen atoms in total. The van der Waals surface area contributed by atoms with Crippen LogP contribution in [-0.4, -0.2) is 20.6 Å². The molecule has 0 spiro atoms. The summed E-state index contributed by atoms with van der Waals surface area (Å²) in [5.41, 5.74) is 1.86. The van der Waals surface area contributed by atoms with Gasteiger partial charge >= 0.3 is 0 Å². The maximum absolute atomic E-state index is 12.3. The number of rotatable bonds is 5. The fourth-order valence-electron chi connectivity index (χ4n) is 2.27. The van der Waals surface area contributed by atoms with Gasteiger partial charge in [0.2, 0.25) is 0 Å². The van der Waals surface area contributed by atoms with Crippen molar-refractivity contribution in [2.75, 3.05) is 6.26 Å². The SMILES string of the molecule is C[C@@H](NC(=O)c1ccc(CS(C)(=O)=O)cc1)c1ccc(Cl)cc1Cl. The van der Waals surface area contributed by atoms with E-state index in [1.807, 2.05) is 6.92 Å². The highest BCUT2D eigenvalue weighted by atomic mass is 35.5. The lowest BCUT2D eigenvalue weighted by Crippen LogP contribution is -2.26. The number of amides is 1. The molecule has 0 heterocycles. The van der Waals surface area contributed by atoms with Gasteiger partial charge in [0.05, 0.1) is 11.8 Å². The van der Waals surface area contributed by atoms with Crippen LogP contribution in [0.4, 0.5) is 0 Å². The quantitative estimate of drug-likeness (QED) is 0.844. The number of benzene rings is 2. The third-order valence-electron chi connectivity index (χ3n) is 3.42. The van der Waals surface area contributed by atoms with Gasteiger partial charge in [-0.05, 0) is 42.3 Å². The first-order valence-electron chi connectivity index (χ1n) is 7.18. The van der Waals surface area contributed by atoms with Crippen LogP contribution in [0.1, 0.15) is 34.5 Å². The van der Waals surface area contributed by atoms with E-state index in [4.69, 9.17) is 23.2 Å². The minimum Gasteiger partial charge on any atom is -0.345 e. The maximum Gasteiger partial charge on any atom is 0.251 e. The van der Waals surface area contributed by atoms with Crippen LogP contribution in [0.5, 0.6) is 0 Å². The number of nitrogens with one attached hydrogen (secondary N) is 1. The van der Waals surface area contributed by atoms with Crippen molar-refractivity contribution in [1.29, 1.82) is 0 Å². The molecule has 0 aliphatic carbocycles. The summed E-state index contributed by atoms with van der Waals surface area (Å²) in [6, 6.07) is 11.3. The highest BCUT2D eigenvalue weighted by Crippen LogP contribution is 2.26.